The quantitative estimate of drug-likeness (QED) is 0.449. The zero-order valence-corrected chi connectivity index (χ0v) is 5.33. The Labute approximate surface area is 40.7 Å². The van der Waals surface area contributed by atoms with Gasteiger partial charge in [0.15, 0.2) is 8.15 Å². The van der Waals surface area contributed by atoms with Gasteiger partial charge in [-0.25, -0.2) is 0 Å². The van der Waals surface area contributed by atoms with Crippen LogP contribution in [0, 0.1) is 0 Å². The second kappa shape index (κ2) is 8.93. The van der Waals surface area contributed by atoms with Crippen LogP contribution in [0.1, 0.15) is 0 Å². The predicted molar refractivity (Wildman–Crippen MR) is 17.3 cm³/mol. The first-order chi connectivity index (χ1) is 1.41. The Balaban J connectivity index is 0. The zero-order chi connectivity index (χ0) is 2.71. The molecule has 0 aromatic rings. The van der Waals surface area contributed by atoms with Gasteiger partial charge in [0, 0.05) is 18.6 Å². The topological polar surface area (TPSA) is 17.1 Å². The summed E-state index contributed by atoms with van der Waals surface area (Å²) in [4.78, 5) is 0. The van der Waals surface area contributed by atoms with Crippen LogP contribution in [0.15, 0.2) is 0 Å². The average Bonchev–Trinajstić information content (AvgIpc) is 0.918. The summed E-state index contributed by atoms with van der Waals surface area (Å²) in [5.41, 5.74) is 0. The molecule has 0 aliphatic carbocycles. The van der Waals surface area contributed by atoms with Crippen molar-refractivity contribution >= 4 is 17.1 Å². The van der Waals surface area contributed by atoms with Gasteiger partial charge in [-0.2, -0.15) is 0 Å². The van der Waals surface area contributed by atoms with Crippen molar-refractivity contribution in [2.45, 2.75) is 0 Å². The van der Waals surface area contributed by atoms with Crippen LogP contribution < -0.4 is 0 Å². The van der Waals surface area contributed by atoms with Gasteiger partial charge in [0.1, 0.15) is 0 Å². The summed E-state index contributed by atoms with van der Waals surface area (Å²) >= 11 is 0. The van der Waals surface area contributed by atoms with Crippen molar-refractivity contribution in [3.05, 3.63) is 0 Å². The number of hydrogen-bond acceptors (Lipinski definition) is 1. The van der Waals surface area contributed by atoms with Crippen molar-refractivity contribution in [2.24, 2.45) is 0 Å². The Morgan fingerprint density at radius 1 is 1.75 bits per heavy atom. The first-order valence-electron chi connectivity index (χ1n) is 0.441. The normalized spacial score (nSPS) is 5.25. The fourth-order valence-electron chi connectivity index (χ4n) is 0. The molecule has 4 heteroatoms. The number of rotatable bonds is 0. The van der Waals surface area contributed by atoms with Gasteiger partial charge in [0.2, 0.25) is 0 Å². The fraction of sp³-hybridized carbons (Fsp3) is 0. The van der Waals surface area contributed by atoms with Crippen LogP contribution in [0.5, 0.6) is 0 Å². The zero-order valence-electron chi connectivity index (χ0n) is 1.88. The summed E-state index contributed by atoms with van der Waals surface area (Å²) in [7, 11) is 2.08. The Bertz CT molecular complexity index is 13.5. The maximum absolute atomic E-state index is 8.87. The molecular formula is H2OP2V. The summed E-state index contributed by atoms with van der Waals surface area (Å²) in [6, 6.07) is 0. The van der Waals surface area contributed by atoms with E-state index in [9.17, 15) is 0 Å². The van der Waals surface area contributed by atoms with E-state index in [1.807, 2.05) is 8.93 Å². The molecule has 1 radical (unpaired) electrons. The molecule has 0 aliphatic rings. The Morgan fingerprint density at radius 3 is 1.75 bits per heavy atom. The van der Waals surface area contributed by atoms with Crippen molar-refractivity contribution in [1.29, 1.82) is 0 Å². The third-order valence-corrected chi connectivity index (χ3v) is 0. The number of hydrogen-bond donors (Lipinski definition) is 0. The molecule has 0 heterocycles. The van der Waals surface area contributed by atoms with E-state index in [-0.39, 0.29) is 26.7 Å². The molecule has 0 fully saturated rings. The first kappa shape index (κ1) is 8.93. The molecule has 0 amide bonds. The molecule has 0 saturated carbocycles. The molecule has 0 saturated heterocycles. The minimum atomic E-state index is 0. The maximum Gasteiger partial charge on any atom is 0.174 e. The van der Waals surface area contributed by atoms with Crippen molar-refractivity contribution in [3.8, 4) is 0 Å². The fourth-order valence-corrected chi connectivity index (χ4v) is 0. The molecule has 0 aliphatic heterocycles. The van der Waals surface area contributed by atoms with Gasteiger partial charge < -0.3 is 0 Å². The van der Waals surface area contributed by atoms with Gasteiger partial charge in [-0.3, -0.25) is 4.57 Å². The Kier molecular flexibility index (Phi) is 19.9. The van der Waals surface area contributed by atoms with Gasteiger partial charge >= 0.3 is 0 Å². The molecule has 1 unspecified atom stereocenters. The molecule has 0 rings (SSSR count). The van der Waals surface area contributed by atoms with Crippen LogP contribution in [-0.4, -0.2) is 0 Å². The maximum atomic E-state index is 8.87. The largest absolute Gasteiger partial charge is 0.271 e. The Morgan fingerprint density at radius 2 is 1.75 bits per heavy atom. The molecule has 0 bridgehead atoms. The van der Waals surface area contributed by atoms with Crippen LogP contribution >= 0.6 is 17.1 Å². The van der Waals surface area contributed by atoms with Gasteiger partial charge in [-0.15, -0.1) is 0 Å². The summed E-state index contributed by atoms with van der Waals surface area (Å²) in [6.07, 6.45) is 0. The van der Waals surface area contributed by atoms with Crippen LogP contribution in [0.25, 0.3) is 0 Å². The van der Waals surface area contributed by atoms with Crippen LogP contribution in [-0.2, 0) is 23.1 Å². The van der Waals surface area contributed by atoms with Crippen molar-refractivity contribution in [2.75, 3.05) is 0 Å². The smallest absolute Gasteiger partial charge is 0.174 e. The predicted octanol–water partition coefficient (Wildman–Crippen LogP) is 1.07. The van der Waals surface area contributed by atoms with Gasteiger partial charge in [0.25, 0.3) is 0 Å². The molecular weight excluding hydrogens is 129 g/mol. The molecule has 0 aromatic heterocycles. The summed E-state index contributed by atoms with van der Waals surface area (Å²) in [5.74, 6) is 0. The van der Waals surface area contributed by atoms with E-state index in [1.165, 1.54) is 0 Å². The SMILES string of the molecule is O=PP.[V]. The minimum absolute atomic E-state index is 0. The van der Waals surface area contributed by atoms with Gasteiger partial charge in [-0.05, 0) is 8.93 Å². The van der Waals surface area contributed by atoms with E-state index < -0.39 is 0 Å². The van der Waals surface area contributed by atoms with Crippen LogP contribution in [0.3, 0.4) is 0 Å². The van der Waals surface area contributed by atoms with Crippen molar-refractivity contribution in [1.82, 2.24) is 0 Å². The van der Waals surface area contributed by atoms with E-state index in [2.05, 4.69) is 0 Å². The summed E-state index contributed by atoms with van der Waals surface area (Å²) in [6.45, 7) is 0. The monoisotopic (exact) mass is 131 g/mol. The molecule has 0 aromatic carbocycles. The second-order valence-electron chi connectivity index (χ2n) is 0.105. The van der Waals surface area contributed by atoms with E-state index >= 15 is 0 Å². The second-order valence-corrected chi connectivity index (χ2v) is 0.949. The van der Waals surface area contributed by atoms with Gasteiger partial charge in [0.05, 0.1) is 0 Å². The third-order valence-electron chi connectivity index (χ3n) is 0. The molecule has 0 N–H and O–H groups in total. The van der Waals surface area contributed by atoms with Crippen molar-refractivity contribution < 1.29 is 23.1 Å². The standard InChI is InChI=1S/H2OP2.V/c1-3-2;/h2H2;. The molecule has 23 valence electrons. The van der Waals surface area contributed by atoms with E-state index in [4.69, 9.17) is 4.57 Å². The minimum Gasteiger partial charge on any atom is -0.271 e. The summed E-state index contributed by atoms with van der Waals surface area (Å²) in [5, 5.41) is 0. The first-order valence-corrected chi connectivity index (χ1v) is 2.87. The average molecular weight is 131 g/mol. The van der Waals surface area contributed by atoms with Crippen molar-refractivity contribution in [3.63, 3.8) is 0 Å². The summed E-state index contributed by atoms with van der Waals surface area (Å²) < 4.78 is 8.87. The van der Waals surface area contributed by atoms with Gasteiger partial charge in [-0.1, -0.05) is 0 Å². The molecule has 0 spiro atoms. The van der Waals surface area contributed by atoms with E-state index in [0.717, 1.165) is 0 Å². The van der Waals surface area contributed by atoms with E-state index in [0.29, 0.717) is 0 Å². The molecule has 4 heavy (non-hydrogen) atoms. The third kappa shape index (κ3) is 11.2. The molecule has 1 atom stereocenters. The Hall–Kier alpha value is 1.11. The van der Waals surface area contributed by atoms with Crippen LogP contribution in [0.4, 0.5) is 0 Å². The van der Waals surface area contributed by atoms with E-state index in [1.54, 1.807) is 0 Å². The molecule has 1 nitrogen and oxygen atoms in total. The van der Waals surface area contributed by atoms with Crippen LogP contribution in [0.2, 0.25) is 0 Å².